The van der Waals surface area contributed by atoms with E-state index in [0.29, 0.717) is 12.1 Å². The summed E-state index contributed by atoms with van der Waals surface area (Å²) in [6, 6.07) is 15.5. The highest BCUT2D eigenvalue weighted by Crippen LogP contribution is 2.08. The predicted octanol–water partition coefficient (Wildman–Crippen LogP) is 3.92. The fourth-order valence-electron chi connectivity index (χ4n) is 2.27. The third-order valence-corrected chi connectivity index (χ3v) is 3.25. The van der Waals surface area contributed by atoms with E-state index in [1.54, 1.807) is 0 Å². The summed E-state index contributed by atoms with van der Waals surface area (Å²) in [6.45, 7) is 3.27. The Morgan fingerprint density at radius 2 is 1.74 bits per heavy atom. The summed E-state index contributed by atoms with van der Waals surface area (Å²) in [5, 5.41) is 0. The van der Waals surface area contributed by atoms with E-state index < -0.39 is 5.97 Å². The maximum absolute atomic E-state index is 12.8. The third kappa shape index (κ3) is 6.38. The van der Waals surface area contributed by atoms with Crippen LogP contribution in [0.4, 0.5) is 4.39 Å². The molecule has 3 nitrogen and oxygen atoms in total. The molecule has 0 saturated heterocycles. The smallest absolute Gasteiger partial charge is 0.338 e. The highest BCUT2D eigenvalue weighted by molar-refractivity contribution is 5.89. The molecule has 5 heteroatoms. The van der Waals surface area contributed by atoms with Gasteiger partial charge in [-0.15, -0.1) is 12.4 Å². The average Bonchev–Trinajstić information content (AvgIpc) is 2.48. The number of hydrogen-bond donors (Lipinski definition) is 0. The molecule has 124 valence electrons. The number of benzene rings is 2. The van der Waals surface area contributed by atoms with Crippen LogP contribution in [0.15, 0.2) is 54.6 Å². The Bertz CT molecular complexity index is 604. The quantitative estimate of drug-likeness (QED) is 0.748. The van der Waals surface area contributed by atoms with Gasteiger partial charge in [0.05, 0.1) is 5.56 Å². The fraction of sp³-hybridized carbons (Fsp3) is 0.278. The topological polar surface area (TPSA) is 29.5 Å². The number of carbonyl (C=O) groups is 1. The molecule has 0 aliphatic rings. The third-order valence-electron chi connectivity index (χ3n) is 3.25. The minimum Gasteiger partial charge on any atom is -0.458 e. The van der Waals surface area contributed by atoms with Crippen molar-refractivity contribution >= 4 is 18.4 Å². The van der Waals surface area contributed by atoms with Gasteiger partial charge in [-0.25, -0.2) is 9.18 Å². The van der Waals surface area contributed by atoms with E-state index in [0.717, 1.165) is 6.54 Å². The van der Waals surface area contributed by atoms with Crippen molar-refractivity contribution in [3.63, 3.8) is 0 Å². The van der Waals surface area contributed by atoms with Crippen LogP contribution in [0.2, 0.25) is 0 Å². The monoisotopic (exact) mass is 337 g/mol. The standard InChI is InChI=1S/C18H20FNO2.ClH/c1-14(12-20(2)13-15-6-4-3-5-7-15)22-18(21)16-8-10-17(19)11-9-16;/h3-11,14H,12-13H2,1-2H3;1H. The van der Waals surface area contributed by atoms with Gasteiger partial charge in [0.25, 0.3) is 0 Å². The average molecular weight is 338 g/mol. The molecule has 2 rings (SSSR count). The Kier molecular flexibility index (Phi) is 7.72. The van der Waals surface area contributed by atoms with Crippen LogP contribution in [0.5, 0.6) is 0 Å². The number of likely N-dealkylation sites (N-methyl/N-ethyl adjacent to an activating group) is 1. The van der Waals surface area contributed by atoms with Crippen LogP contribution in [-0.4, -0.2) is 30.6 Å². The molecule has 2 aromatic carbocycles. The molecule has 0 N–H and O–H groups in total. The summed E-state index contributed by atoms with van der Waals surface area (Å²) in [5.74, 6) is -0.798. The first kappa shape index (κ1) is 19.1. The number of nitrogens with zero attached hydrogens (tertiary/aromatic N) is 1. The molecule has 0 heterocycles. The molecule has 0 aliphatic heterocycles. The SMILES string of the molecule is CC(CN(C)Cc1ccccc1)OC(=O)c1ccc(F)cc1.Cl. The molecule has 0 fully saturated rings. The van der Waals surface area contributed by atoms with Gasteiger partial charge in [0.15, 0.2) is 0 Å². The largest absolute Gasteiger partial charge is 0.458 e. The first-order valence-corrected chi connectivity index (χ1v) is 7.23. The summed E-state index contributed by atoms with van der Waals surface area (Å²) >= 11 is 0. The van der Waals surface area contributed by atoms with Gasteiger partial charge >= 0.3 is 5.97 Å². The lowest BCUT2D eigenvalue weighted by Gasteiger charge is -2.21. The van der Waals surface area contributed by atoms with Crippen molar-refractivity contribution in [3.8, 4) is 0 Å². The predicted molar refractivity (Wildman–Crippen MR) is 91.3 cm³/mol. The van der Waals surface area contributed by atoms with Crippen molar-refractivity contribution in [1.82, 2.24) is 4.90 Å². The maximum Gasteiger partial charge on any atom is 0.338 e. The number of ether oxygens (including phenoxy) is 1. The van der Waals surface area contributed by atoms with Crippen molar-refractivity contribution in [2.75, 3.05) is 13.6 Å². The minimum absolute atomic E-state index is 0. The van der Waals surface area contributed by atoms with Crippen molar-refractivity contribution in [1.29, 1.82) is 0 Å². The summed E-state index contributed by atoms with van der Waals surface area (Å²) in [4.78, 5) is 14.0. The maximum atomic E-state index is 12.8. The second-order valence-electron chi connectivity index (χ2n) is 5.41. The van der Waals surface area contributed by atoms with Crippen molar-refractivity contribution in [3.05, 3.63) is 71.5 Å². The van der Waals surface area contributed by atoms with Gasteiger partial charge in [-0.05, 0) is 43.8 Å². The van der Waals surface area contributed by atoms with Crippen molar-refractivity contribution in [2.24, 2.45) is 0 Å². The van der Waals surface area contributed by atoms with Gasteiger partial charge < -0.3 is 4.74 Å². The van der Waals surface area contributed by atoms with E-state index in [1.807, 2.05) is 32.2 Å². The summed E-state index contributed by atoms with van der Waals surface area (Å²) < 4.78 is 18.2. The van der Waals surface area contributed by atoms with Gasteiger partial charge in [0, 0.05) is 13.1 Å². The van der Waals surface area contributed by atoms with Gasteiger partial charge in [-0.3, -0.25) is 4.90 Å². The van der Waals surface area contributed by atoms with Crippen LogP contribution in [0.25, 0.3) is 0 Å². The molecule has 0 aliphatic carbocycles. The molecular weight excluding hydrogens is 317 g/mol. The lowest BCUT2D eigenvalue weighted by Crippen LogP contribution is -2.30. The molecule has 0 saturated carbocycles. The van der Waals surface area contributed by atoms with Gasteiger partial charge in [-0.1, -0.05) is 30.3 Å². The Balaban J connectivity index is 0.00000264. The van der Waals surface area contributed by atoms with E-state index in [1.165, 1.54) is 29.8 Å². The van der Waals surface area contributed by atoms with Crippen LogP contribution < -0.4 is 0 Å². The Hall–Kier alpha value is -1.91. The first-order chi connectivity index (χ1) is 10.5. The summed E-state index contributed by atoms with van der Waals surface area (Å²) in [6.07, 6.45) is -0.244. The van der Waals surface area contributed by atoms with E-state index in [9.17, 15) is 9.18 Å². The molecule has 23 heavy (non-hydrogen) atoms. The highest BCUT2D eigenvalue weighted by Gasteiger charge is 2.14. The Morgan fingerprint density at radius 1 is 1.13 bits per heavy atom. The molecule has 0 radical (unpaired) electrons. The minimum atomic E-state index is -0.430. The molecule has 2 aromatic rings. The van der Waals surface area contributed by atoms with Crippen LogP contribution >= 0.6 is 12.4 Å². The zero-order chi connectivity index (χ0) is 15.9. The number of hydrogen-bond acceptors (Lipinski definition) is 3. The fourth-order valence-corrected chi connectivity index (χ4v) is 2.27. The van der Waals surface area contributed by atoms with E-state index in [4.69, 9.17) is 4.74 Å². The number of carbonyl (C=O) groups excluding carboxylic acids is 1. The van der Waals surface area contributed by atoms with Crippen molar-refractivity contribution in [2.45, 2.75) is 19.6 Å². The second kappa shape index (κ2) is 9.28. The first-order valence-electron chi connectivity index (χ1n) is 7.23. The Labute approximate surface area is 142 Å². The second-order valence-corrected chi connectivity index (χ2v) is 5.41. The van der Waals surface area contributed by atoms with Crippen LogP contribution in [0, 0.1) is 5.82 Å². The molecule has 0 aromatic heterocycles. The summed E-state index contributed by atoms with van der Waals surface area (Å²) in [5.41, 5.74) is 1.57. The lowest BCUT2D eigenvalue weighted by molar-refractivity contribution is 0.0268. The van der Waals surface area contributed by atoms with Gasteiger partial charge in [0.2, 0.25) is 0 Å². The van der Waals surface area contributed by atoms with Crippen molar-refractivity contribution < 1.29 is 13.9 Å². The van der Waals surface area contributed by atoms with E-state index in [-0.39, 0.29) is 24.3 Å². The molecule has 0 bridgehead atoms. The van der Waals surface area contributed by atoms with Crippen LogP contribution in [0.1, 0.15) is 22.8 Å². The molecule has 1 atom stereocenters. The molecule has 0 amide bonds. The van der Waals surface area contributed by atoms with Crippen LogP contribution in [-0.2, 0) is 11.3 Å². The zero-order valence-corrected chi connectivity index (χ0v) is 14.1. The Morgan fingerprint density at radius 3 is 2.35 bits per heavy atom. The van der Waals surface area contributed by atoms with Gasteiger partial charge in [0.1, 0.15) is 11.9 Å². The number of halogens is 2. The molecule has 0 spiro atoms. The highest BCUT2D eigenvalue weighted by atomic mass is 35.5. The lowest BCUT2D eigenvalue weighted by atomic mass is 10.2. The summed E-state index contributed by atoms with van der Waals surface area (Å²) in [7, 11) is 1.98. The zero-order valence-electron chi connectivity index (χ0n) is 13.2. The van der Waals surface area contributed by atoms with E-state index in [2.05, 4.69) is 17.0 Å². The molecule has 1 unspecified atom stereocenters. The van der Waals surface area contributed by atoms with Gasteiger partial charge in [-0.2, -0.15) is 0 Å². The number of esters is 1. The number of rotatable bonds is 6. The van der Waals surface area contributed by atoms with Crippen LogP contribution in [0.3, 0.4) is 0 Å². The van der Waals surface area contributed by atoms with E-state index >= 15 is 0 Å². The molecular formula is C18H21ClFNO2. The normalized spacial score (nSPS) is 11.7.